The van der Waals surface area contributed by atoms with Gasteiger partial charge in [-0.25, -0.2) is 9.78 Å². The van der Waals surface area contributed by atoms with Crippen LogP contribution in [0.3, 0.4) is 0 Å². The first-order chi connectivity index (χ1) is 10.6. The van der Waals surface area contributed by atoms with E-state index in [-0.39, 0.29) is 18.0 Å². The molecule has 7 heteroatoms. The van der Waals surface area contributed by atoms with E-state index in [1.54, 1.807) is 24.1 Å². The van der Waals surface area contributed by atoms with Gasteiger partial charge in [-0.2, -0.15) is 0 Å². The molecule has 0 spiro atoms. The Balaban J connectivity index is 1.82. The number of halogens is 1. The zero-order valence-electron chi connectivity index (χ0n) is 12.8. The summed E-state index contributed by atoms with van der Waals surface area (Å²) < 4.78 is 5.81. The number of thioether (sulfide) groups is 1. The van der Waals surface area contributed by atoms with Gasteiger partial charge in [0.15, 0.2) is 10.0 Å². The van der Waals surface area contributed by atoms with Crippen LogP contribution in [0.25, 0.3) is 0 Å². The summed E-state index contributed by atoms with van der Waals surface area (Å²) >= 11 is 9.52. The molecule has 0 unspecified atom stereocenters. The zero-order chi connectivity index (χ0) is 16.1. The lowest BCUT2D eigenvalue weighted by molar-refractivity contribution is 0.0520. The second-order valence-corrected chi connectivity index (χ2v) is 8.36. The lowest BCUT2D eigenvalue weighted by Gasteiger charge is -2.21. The number of hydrogen-bond acceptors (Lipinski definition) is 6. The highest BCUT2D eigenvalue weighted by Gasteiger charge is 2.39. The number of thiazole rings is 1. The van der Waals surface area contributed by atoms with Crippen LogP contribution in [0.15, 0.2) is 9.72 Å². The summed E-state index contributed by atoms with van der Waals surface area (Å²) in [5, 5.41) is 11.4. The third-order valence-electron chi connectivity index (χ3n) is 4.20. The molecule has 0 aliphatic heterocycles. The van der Waals surface area contributed by atoms with Gasteiger partial charge in [0.25, 0.3) is 0 Å². The molecule has 124 valence electrons. The monoisotopic (exact) mass is 363 g/mol. The molecule has 1 heterocycles. The predicted molar refractivity (Wildman–Crippen MR) is 90.9 cm³/mol. The number of ether oxygens (including phenoxy) is 1. The maximum atomic E-state index is 11.6. The molecule has 0 radical (unpaired) electrons. The summed E-state index contributed by atoms with van der Waals surface area (Å²) in [6.07, 6.45) is 1.94. The molecule has 2 rings (SSSR count). The first-order valence-corrected chi connectivity index (χ1v) is 9.87. The van der Waals surface area contributed by atoms with Gasteiger partial charge in [0.2, 0.25) is 0 Å². The molecule has 1 aromatic rings. The Hall–Kier alpha value is -0.300. The molecule has 4 atom stereocenters. The van der Waals surface area contributed by atoms with Crippen molar-refractivity contribution in [2.45, 2.75) is 36.4 Å². The summed E-state index contributed by atoms with van der Waals surface area (Å²) in [6, 6.07) is 0. The van der Waals surface area contributed by atoms with Gasteiger partial charge >= 0.3 is 5.97 Å². The van der Waals surface area contributed by atoms with Crippen LogP contribution in [-0.2, 0) is 4.74 Å². The predicted octanol–water partition coefficient (Wildman–Crippen LogP) is 3.67. The van der Waals surface area contributed by atoms with Gasteiger partial charge in [-0.05, 0) is 37.5 Å². The number of alkyl halides is 1. The fourth-order valence-electron chi connectivity index (χ4n) is 3.01. The van der Waals surface area contributed by atoms with Crippen molar-refractivity contribution in [1.82, 2.24) is 4.98 Å². The van der Waals surface area contributed by atoms with Crippen LogP contribution in [-0.4, -0.2) is 40.4 Å². The van der Waals surface area contributed by atoms with E-state index in [9.17, 15) is 9.90 Å². The van der Waals surface area contributed by atoms with E-state index in [0.717, 1.165) is 22.9 Å². The third-order valence-corrected chi connectivity index (χ3v) is 6.75. The first-order valence-electron chi connectivity index (χ1n) is 7.57. The van der Waals surface area contributed by atoms with Crippen LogP contribution in [0.2, 0.25) is 0 Å². The molecule has 0 aromatic carbocycles. The summed E-state index contributed by atoms with van der Waals surface area (Å²) in [5.74, 6) is 1.68. The summed E-state index contributed by atoms with van der Waals surface area (Å²) in [4.78, 5) is 15.9. The van der Waals surface area contributed by atoms with Crippen molar-refractivity contribution in [2.75, 3.05) is 19.0 Å². The second-order valence-electron chi connectivity index (χ2n) is 5.60. The van der Waals surface area contributed by atoms with Gasteiger partial charge in [-0.15, -0.1) is 22.9 Å². The largest absolute Gasteiger partial charge is 0.461 e. The number of rotatable bonds is 7. The van der Waals surface area contributed by atoms with Gasteiger partial charge in [0.05, 0.1) is 6.61 Å². The van der Waals surface area contributed by atoms with E-state index in [0.29, 0.717) is 30.1 Å². The summed E-state index contributed by atoms with van der Waals surface area (Å²) in [5.41, 5.74) is 0.382. The molecular weight excluding hydrogens is 342 g/mol. The number of hydrogen-bond donors (Lipinski definition) is 1. The average molecular weight is 364 g/mol. The maximum Gasteiger partial charge on any atom is 0.357 e. The van der Waals surface area contributed by atoms with Gasteiger partial charge in [0, 0.05) is 23.1 Å². The third kappa shape index (κ3) is 4.37. The Morgan fingerprint density at radius 3 is 3.05 bits per heavy atom. The molecule has 1 aromatic heterocycles. The number of carbonyl (C=O) groups excluding carboxylic acids is 1. The topological polar surface area (TPSA) is 59.4 Å². The van der Waals surface area contributed by atoms with Crippen molar-refractivity contribution < 1.29 is 14.6 Å². The van der Waals surface area contributed by atoms with E-state index in [1.165, 1.54) is 11.3 Å². The fraction of sp³-hybridized carbons (Fsp3) is 0.733. The quantitative estimate of drug-likeness (QED) is 0.455. The van der Waals surface area contributed by atoms with E-state index >= 15 is 0 Å². The van der Waals surface area contributed by atoms with Crippen LogP contribution in [0, 0.1) is 17.8 Å². The van der Waals surface area contributed by atoms with Crippen LogP contribution in [0.5, 0.6) is 0 Å². The van der Waals surface area contributed by atoms with Crippen LogP contribution >= 0.6 is 34.7 Å². The summed E-state index contributed by atoms with van der Waals surface area (Å²) in [7, 11) is 0. The minimum atomic E-state index is -0.364. The number of nitrogens with zero attached hydrogens (tertiary/aromatic N) is 1. The van der Waals surface area contributed by atoms with Crippen LogP contribution in [0.4, 0.5) is 0 Å². The van der Waals surface area contributed by atoms with Gasteiger partial charge < -0.3 is 9.84 Å². The van der Waals surface area contributed by atoms with Crippen LogP contribution in [0.1, 0.15) is 37.2 Å². The maximum absolute atomic E-state index is 11.6. The lowest BCUT2D eigenvalue weighted by Crippen LogP contribution is -2.21. The van der Waals surface area contributed by atoms with Crippen LogP contribution < -0.4 is 0 Å². The average Bonchev–Trinajstić information content (AvgIpc) is 3.05. The minimum Gasteiger partial charge on any atom is -0.461 e. The highest BCUT2D eigenvalue weighted by Crippen LogP contribution is 2.42. The number of aliphatic hydroxyl groups is 1. The minimum absolute atomic E-state index is 0.152. The second kappa shape index (κ2) is 8.52. The molecule has 0 saturated heterocycles. The molecule has 1 fully saturated rings. The number of aromatic nitrogens is 1. The Morgan fingerprint density at radius 2 is 2.36 bits per heavy atom. The first kappa shape index (κ1) is 18.0. The van der Waals surface area contributed by atoms with Crippen molar-refractivity contribution in [1.29, 1.82) is 0 Å². The van der Waals surface area contributed by atoms with Gasteiger partial charge in [-0.1, -0.05) is 18.7 Å². The normalized spacial score (nSPS) is 28.0. The number of carbonyl (C=O) groups is 1. The molecular formula is C15H22ClNO3S2. The molecule has 4 nitrogen and oxygen atoms in total. The van der Waals surface area contributed by atoms with Gasteiger partial charge in [0.1, 0.15) is 0 Å². The number of esters is 1. The molecule has 1 N–H and O–H groups in total. The van der Waals surface area contributed by atoms with Crippen molar-refractivity contribution >= 4 is 40.7 Å². The van der Waals surface area contributed by atoms with Crippen molar-refractivity contribution in [3.05, 3.63) is 11.1 Å². The molecule has 1 saturated carbocycles. The van der Waals surface area contributed by atoms with Gasteiger partial charge in [-0.3, -0.25) is 0 Å². The highest BCUT2D eigenvalue weighted by atomic mass is 35.5. The van der Waals surface area contributed by atoms with E-state index in [2.05, 4.69) is 11.9 Å². The standard InChI is InChI=1S/C15H22ClNO3S2/c1-3-20-14(19)13-8-22-15(17-13)21-5-4-10-11(7-18)9(2)6-12(10)16/h8-12,18H,3-7H2,1-2H3/t9-,10-,11+,12-/m1/s1. The van der Waals surface area contributed by atoms with E-state index < -0.39 is 0 Å². The summed E-state index contributed by atoms with van der Waals surface area (Å²) in [6.45, 7) is 4.51. The number of aliphatic hydroxyl groups excluding tert-OH is 1. The molecule has 1 aliphatic rings. The van der Waals surface area contributed by atoms with Crippen molar-refractivity contribution in [3.63, 3.8) is 0 Å². The van der Waals surface area contributed by atoms with E-state index in [4.69, 9.17) is 16.3 Å². The Kier molecular flexibility index (Phi) is 6.99. The molecule has 0 bridgehead atoms. The smallest absolute Gasteiger partial charge is 0.357 e. The zero-order valence-corrected chi connectivity index (χ0v) is 15.2. The fourth-order valence-corrected chi connectivity index (χ4v) is 5.51. The van der Waals surface area contributed by atoms with Crippen molar-refractivity contribution in [3.8, 4) is 0 Å². The Labute approximate surface area is 144 Å². The van der Waals surface area contributed by atoms with Crippen molar-refractivity contribution in [2.24, 2.45) is 17.8 Å². The lowest BCUT2D eigenvalue weighted by atomic mass is 9.89. The molecule has 0 amide bonds. The molecule has 22 heavy (non-hydrogen) atoms. The highest BCUT2D eigenvalue weighted by molar-refractivity contribution is 8.01. The SMILES string of the molecule is CCOC(=O)c1csc(SCC[C@@H]2[C@@H](CO)[C@H](C)C[C@H]2Cl)n1. The molecule has 1 aliphatic carbocycles. The Bertz CT molecular complexity index is 497. The Morgan fingerprint density at radius 1 is 1.59 bits per heavy atom. The van der Waals surface area contributed by atoms with E-state index in [1.807, 2.05) is 0 Å².